The number of benzene rings is 9. The van der Waals surface area contributed by atoms with Gasteiger partial charge in [-0.15, -0.1) is 16.4 Å². The van der Waals surface area contributed by atoms with Gasteiger partial charge >= 0.3 is 0 Å². The smallest absolute Gasteiger partial charge is 0.164 e. The van der Waals surface area contributed by atoms with Crippen LogP contribution in [0, 0.1) is 0 Å². The summed E-state index contributed by atoms with van der Waals surface area (Å²) in [5.41, 5.74) is 15.8. The topological polar surface area (TPSA) is 51.8 Å². The standard InChI is InChI=1S/C51H36B5N3O/c52-43-42(44(53)46(55)47(56)45(43)54)27-17-19-29(20-18-27)50-57-49(28-9-2-1-3-10-28)58-51(59-50)31-22-24-41-40(26-31)38-16-8-15-32(48(38)60-41)30-21-23-37-35-13-5-4-11-33(35)34-12-6-7-14-36(34)39(37)25-30/h1-26H,52-56H2. The molecule has 2 heterocycles. The number of para-hydroxylation sites is 1. The number of rotatable bonds is 5. The zero-order chi connectivity index (χ0) is 40.6. The maximum absolute atomic E-state index is 6.72. The Balaban J connectivity index is 1.03. The number of hydrogen-bond acceptors (Lipinski definition) is 4. The molecule has 0 N–H and O–H groups in total. The predicted molar refractivity (Wildman–Crippen MR) is 268 cm³/mol. The van der Waals surface area contributed by atoms with Crippen molar-refractivity contribution in [3.05, 3.63) is 158 Å². The third-order valence-corrected chi connectivity index (χ3v) is 12.9. The molecule has 0 atom stereocenters. The summed E-state index contributed by atoms with van der Waals surface area (Å²) in [6.07, 6.45) is 0. The van der Waals surface area contributed by atoms with Crippen molar-refractivity contribution in [2.75, 3.05) is 0 Å². The predicted octanol–water partition coefficient (Wildman–Crippen LogP) is 4.86. The molecule has 0 bridgehead atoms. The van der Waals surface area contributed by atoms with Gasteiger partial charge in [0.1, 0.15) is 50.4 Å². The number of aromatic nitrogens is 3. The lowest BCUT2D eigenvalue weighted by Crippen LogP contribution is -2.55. The molecule has 0 aliphatic carbocycles. The fraction of sp³-hybridized carbons (Fsp3) is 0. The van der Waals surface area contributed by atoms with E-state index in [1.54, 1.807) is 0 Å². The summed E-state index contributed by atoms with van der Waals surface area (Å²) >= 11 is 0. The van der Waals surface area contributed by atoms with Crippen LogP contribution in [-0.2, 0) is 0 Å². The quantitative estimate of drug-likeness (QED) is 0.186. The second-order valence-corrected chi connectivity index (χ2v) is 16.1. The Bertz CT molecular complexity index is 3490. The summed E-state index contributed by atoms with van der Waals surface area (Å²) in [5.74, 6) is 1.87. The van der Waals surface area contributed by atoms with Crippen LogP contribution < -0.4 is 27.3 Å². The van der Waals surface area contributed by atoms with E-state index in [0.29, 0.717) is 17.5 Å². The van der Waals surface area contributed by atoms with E-state index >= 15 is 0 Å². The van der Waals surface area contributed by atoms with Crippen molar-refractivity contribution >= 4 is 121 Å². The Morgan fingerprint density at radius 3 is 1.40 bits per heavy atom. The molecule has 0 fully saturated rings. The van der Waals surface area contributed by atoms with Crippen molar-refractivity contribution < 1.29 is 4.42 Å². The minimum atomic E-state index is 0.612. The second-order valence-electron chi connectivity index (χ2n) is 16.1. The normalized spacial score (nSPS) is 11.7. The van der Waals surface area contributed by atoms with Crippen molar-refractivity contribution in [1.82, 2.24) is 15.0 Å². The van der Waals surface area contributed by atoms with Crippen molar-refractivity contribution in [2.24, 2.45) is 0 Å². The maximum atomic E-state index is 6.72. The van der Waals surface area contributed by atoms with Crippen LogP contribution in [0.25, 0.3) is 111 Å². The zero-order valence-corrected chi connectivity index (χ0v) is 34.3. The zero-order valence-electron chi connectivity index (χ0n) is 34.3. The molecule has 0 amide bonds. The minimum Gasteiger partial charge on any atom is -0.455 e. The average Bonchev–Trinajstić information content (AvgIpc) is 3.69. The van der Waals surface area contributed by atoms with Gasteiger partial charge in [0.15, 0.2) is 17.5 Å². The van der Waals surface area contributed by atoms with Crippen LogP contribution in [0.3, 0.4) is 0 Å². The summed E-state index contributed by atoms with van der Waals surface area (Å²) in [5, 5.41) is 9.60. The molecule has 11 rings (SSSR count). The van der Waals surface area contributed by atoms with Gasteiger partial charge in [-0.1, -0.05) is 144 Å². The van der Waals surface area contributed by atoms with E-state index in [9.17, 15) is 0 Å². The van der Waals surface area contributed by atoms with Crippen molar-refractivity contribution in [3.63, 3.8) is 0 Å². The molecule has 9 heteroatoms. The summed E-state index contributed by atoms with van der Waals surface area (Å²) in [6, 6.07) is 55.8. The number of hydrogen-bond donors (Lipinski definition) is 0. The minimum absolute atomic E-state index is 0.612. The van der Waals surface area contributed by atoms with Gasteiger partial charge in [0.05, 0.1) is 0 Å². The third-order valence-electron chi connectivity index (χ3n) is 12.9. The van der Waals surface area contributed by atoms with E-state index in [4.69, 9.17) is 19.4 Å². The molecule has 4 nitrogen and oxygen atoms in total. The summed E-state index contributed by atoms with van der Waals surface area (Å²) < 4.78 is 6.72. The van der Waals surface area contributed by atoms with Gasteiger partial charge < -0.3 is 4.42 Å². The number of nitrogens with zero attached hydrogens (tertiary/aromatic N) is 3. The first-order chi connectivity index (χ1) is 29.3. The van der Waals surface area contributed by atoms with Crippen molar-refractivity contribution in [1.29, 1.82) is 0 Å². The van der Waals surface area contributed by atoms with Crippen LogP contribution in [0.15, 0.2) is 162 Å². The molecule has 0 aliphatic heterocycles. The lowest BCUT2D eigenvalue weighted by molar-refractivity contribution is 0.670. The first-order valence-corrected chi connectivity index (χ1v) is 20.6. The van der Waals surface area contributed by atoms with Crippen LogP contribution in [0.2, 0.25) is 0 Å². The van der Waals surface area contributed by atoms with E-state index in [1.807, 2.05) is 36.4 Å². The monoisotopic (exact) mass is 761 g/mol. The molecular weight excluding hydrogens is 725 g/mol. The van der Waals surface area contributed by atoms with Crippen LogP contribution >= 0.6 is 0 Å². The molecule has 0 unspecified atom stereocenters. The third kappa shape index (κ3) is 5.72. The molecule has 276 valence electrons. The molecule has 60 heavy (non-hydrogen) atoms. The Hall–Kier alpha value is -7.11. The maximum Gasteiger partial charge on any atom is 0.164 e. The second kappa shape index (κ2) is 14.0. The highest BCUT2D eigenvalue weighted by molar-refractivity contribution is 6.68. The first-order valence-electron chi connectivity index (χ1n) is 20.6. The highest BCUT2D eigenvalue weighted by Crippen LogP contribution is 2.41. The van der Waals surface area contributed by atoms with Crippen molar-refractivity contribution in [3.8, 4) is 56.4 Å². The fourth-order valence-corrected chi connectivity index (χ4v) is 9.31. The van der Waals surface area contributed by atoms with Crippen LogP contribution in [0.5, 0.6) is 0 Å². The fourth-order valence-electron chi connectivity index (χ4n) is 9.31. The molecule has 0 saturated carbocycles. The lowest BCUT2D eigenvalue weighted by Gasteiger charge is -2.20. The molecular formula is C51H36B5N3O. The van der Waals surface area contributed by atoms with E-state index in [-0.39, 0.29) is 0 Å². The molecule has 0 spiro atoms. The Labute approximate surface area is 352 Å². The summed E-state index contributed by atoms with van der Waals surface area (Å²) in [7, 11) is 11.1. The van der Waals surface area contributed by atoms with Crippen LogP contribution in [-0.4, -0.2) is 54.2 Å². The van der Waals surface area contributed by atoms with E-state index < -0.39 is 0 Å². The van der Waals surface area contributed by atoms with E-state index in [0.717, 1.165) is 49.8 Å². The van der Waals surface area contributed by atoms with Crippen LogP contribution in [0.4, 0.5) is 0 Å². The number of fused-ring (bicyclic) bond motifs is 9. The summed E-state index contributed by atoms with van der Waals surface area (Å²) in [4.78, 5) is 15.3. The lowest BCUT2D eigenvalue weighted by atomic mass is 9.59. The number of furan rings is 1. The van der Waals surface area contributed by atoms with Crippen LogP contribution in [0.1, 0.15) is 0 Å². The first kappa shape index (κ1) is 36.0. The van der Waals surface area contributed by atoms with E-state index in [1.165, 1.54) is 70.8 Å². The largest absolute Gasteiger partial charge is 0.455 e. The molecule has 9 aromatic carbocycles. The van der Waals surface area contributed by atoms with Gasteiger partial charge in [0, 0.05) is 33.0 Å². The van der Waals surface area contributed by atoms with Gasteiger partial charge in [-0.25, -0.2) is 15.0 Å². The Morgan fingerprint density at radius 1 is 0.317 bits per heavy atom. The highest BCUT2D eigenvalue weighted by Gasteiger charge is 2.19. The molecule has 2 aromatic heterocycles. The Kier molecular flexibility index (Phi) is 8.42. The van der Waals surface area contributed by atoms with Gasteiger partial charge in [0.25, 0.3) is 0 Å². The molecule has 0 aliphatic rings. The SMILES string of the molecule is Bc1c(B)c(B)c(-c2ccc(-c3nc(-c4ccccc4)nc(-c4ccc5oc6c(-c7ccc8c9ccccc9c9ccccc9c8c7)cccc6c5c4)n3)cc2)c(B)c1B. The highest BCUT2D eigenvalue weighted by atomic mass is 16.3. The molecule has 0 saturated heterocycles. The van der Waals surface area contributed by atoms with Gasteiger partial charge in [0.2, 0.25) is 0 Å². The van der Waals surface area contributed by atoms with E-state index in [2.05, 4.69) is 161 Å². The Morgan fingerprint density at radius 2 is 0.767 bits per heavy atom. The summed E-state index contributed by atoms with van der Waals surface area (Å²) in [6.45, 7) is 0. The molecule has 0 radical (unpaired) electrons. The van der Waals surface area contributed by atoms with Gasteiger partial charge in [-0.2, -0.15) is 0 Å². The average molecular weight is 761 g/mol. The van der Waals surface area contributed by atoms with Gasteiger partial charge in [-0.3, -0.25) is 0 Å². The molecule has 11 aromatic rings. The van der Waals surface area contributed by atoms with Crippen molar-refractivity contribution in [2.45, 2.75) is 0 Å². The van der Waals surface area contributed by atoms with Gasteiger partial charge in [-0.05, 0) is 73.3 Å².